The molecule has 0 amide bonds. The fraction of sp³-hybridized carbons (Fsp3) is 0.125. The van der Waals surface area contributed by atoms with Gasteiger partial charge in [0.1, 0.15) is 0 Å². The molecule has 1 aromatic rings. The zero-order valence-corrected chi connectivity index (χ0v) is 11.6. The molecule has 0 unspecified atom stereocenters. The molecule has 1 nitrogen and oxygen atoms in total. The van der Waals surface area contributed by atoms with Crippen molar-refractivity contribution in [2.75, 3.05) is 5.33 Å². The Bertz CT molecular complexity index is 354. The van der Waals surface area contributed by atoms with Gasteiger partial charge in [0, 0.05) is 5.56 Å². The second-order valence-corrected chi connectivity index (χ2v) is 4.77. The van der Waals surface area contributed by atoms with Gasteiger partial charge in [-0.3, -0.25) is 4.79 Å². The largest absolute Gasteiger partial charge is 0.293 e. The van der Waals surface area contributed by atoms with E-state index in [-0.39, 0.29) is 16.9 Å². The molecule has 0 bridgehead atoms. The topological polar surface area (TPSA) is 17.1 Å². The van der Waals surface area contributed by atoms with Gasteiger partial charge in [0.2, 0.25) is 0 Å². The fourth-order valence-electron chi connectivity index (χ4n) is 0.813. The highest BCUT2D eigenvalue weighted by atomic mass is 127. The molecule has 0 radical (unpaired) electrons. The van der Waals surface area contributed by atoms with Gasteiger partial charge < -0.3 is 0 Å². The Morgan fingerprint density at radius 1 is 1.54 bits per heavy atom. The highest BCUT2D eigenvalue weighted by molar-refractivity contribution is 14.1. The van der Waals surface area contributed by atoms with E-state index < -0.39 is 0 Å². The van der Waals surface area contributed by atoms with Crippen LogP contribution in [0.2, 0.25) is 0 Å². The van der Waals surface area contributed by atoms with Crippen molar-refractivity contribution in [2.45, 2.75) is 0 Å². The highest BCUT2D eigenvalue weighted by Crippen LogP contribution is 2.24. The van der Waals surface area contributed by atoms with Crippen LogP contribution in [-0.2, 0) is 0 Å². The first-order chi connectivity index (χ1) is 6.07. The molecule has 0 atom stereocenters. The lowest BCUT2D eigenvalue weighted by molar-refractivity contribution is 0.102. The third-order valence-corrected chi connectivity index (χ3v) is 3.63. The minimum Gasteiger partial charge on any atom is -0.293 e. The summed E-state index contributed by atoms with van der Waals surface area (Å²) >= 11 is 7.91. The highest BCUT2D eigenvalue weighted by Gasteiger charge is 2.14. The standard InChI is InChI=1S/C8H4Br2FIO/c9-3-6(13)4-1-2-5(10)7(11)8(4)12/h1-2H,3H2. The lowest BCUT2D eigenvalue weighted by Crippen LogP contribution is -2.04. The van der Waals surface area contributed by atoms with E-state index in [1.54, 1.807) is 6.07 Å². The molecule has 0 aliphatic heterocycles. The van der Waals surface area contributed by atoms with Crippen molar-refractivity contribution >= 4 is 60.2 Å². The van der Waals surface area contributed by atoms with Crippen LogP contribution in [0.25, 0.3) is 0 Å². The molecule has 1 rings (SSSR count). The number of hydrogen-bond acceptors (Lipinski definition) is 1. The van der Waals surface area contributed by atoms with Crippen LogP contribution in [0, 0.1) is 9.39 Å². The second kappa shape index (κ2) is 4.84. The first kappa shape index (κ1) is 11.6. The number of carbonyl (C=O) groups excluding carboxylic acids is 1. The van der Waals surface area contributed by atoms with Gasteiger partial charge in [0.15, 0.2) is 11.6 Å². The first-order valence-electron chi connectivity index (χ1n) is 3.30. The number of hydrogen-bond donors (Lipinski definition) is 0. The summed E-state index contributed by atoms with van der Waals surface area (Å²) in [6, 6.07) is 3.14. The average molecular weight is 422 g/mol. The van der Waals surface area contributed by atoms with Crippen LogP contribution in [0.1, 0.15) is 10.4 Å². The van der Waals surface area contributed by atoms with Gasteiger partial charge in [0.25, 0.3) is 0 Å². The maximum Gasteiger partial charge on any atom is 0.174 e. The molecule has 0 aliphatic carbocycles. The summed E-state index contributed by atoms with van der Waals surface area (Å²) in [4.78, 5) is 11.3. The molecule has 0 fully saturated rings. The molecule has 1 aromatic carbocycles. The molecule has 0 heterocycles. The number of alkyl halides is 1. The lowest BCUT2D eigenvalue weighted by Gasteiger charge is -2.03. The normalized spacial score (nSPS) is 10.2. The van der Waals surface area contributed by atoms with Gasteiger partial charge >= 0.3 is 0 Å². The minimum atomic E-state index is -0.382. The Morgan fingerprint density at radius 2 is 2.15 bits per heavy atom. The molecular weight excluding hydrogens is 418 g/mol. The first-order valence-corrected chi connectivity index (χ1v) is 6.30. The van der Waals surface area contributed by atoms with Crippen molar-refractivity contribution in [1.29, 1.82) is 0 Å². The van der Waals surface area contributed by atoms with E-state index >= 15 is 0 Å². The van der Waals surface area contributed by atoms with Gasteiger partial charge in [-0.05, 0) is 50.7 Å². The van der Waals surface area contributed by atoms with E-state index in [0.29, 0.717) is 13.6 Å². The quantitative estimate of drug-likeness (QED) is 0.307. The Balaban J connectivity index is 3.26. The number of carbonyl (C=O) groups is 1. The molecular formula is C8H4Br2FIO. The van der Waals surface area contributed by atoms with E-state index in [0.717, 1.165) is 0 Å². The Labute approximate surface area is 105 Å². The predicted octanol–water partition coefficient (Wildman–Crippen LogP) is 3.77. The van der Waals surface area contributed by atoms with E-state index in [1.165, 1.54) is 6.07 Å². The van der Waals surface area contributed by atoms with E-state index in [1.807, 2.05) is 22.6 Å². The van der Waals surface area contributed by atoms with E-state index in [9.17, 15) is 9.18 Å². The monoisotopic (exact) mass is 420 g/mol. The van der Waals surface area contributed by atoms with Crippen molar-refractivity contribution in [3.63, 3.8) is 0 Å². The van der Waals surface area contributed by atoms with Crippen LogP contribution in [0.4, 0.5) is 4.39 Å². The molecule has 0 spiro atoms. The SMILES string of the molecule is O=C(CBr)c1ccc(Br)c(F)c1I. The van der Waals surface area contributed by atoms with Crippen LogP contribution in [0.5, 0.6) is 0 Å². The second-order valence-electron chi connectivity index (χ2n) is 2.28. The summed E-state index contributed by atoms with van der Waals surface area (Å²) in [5.74, 6) is -0.497. The number of ketones is 1. The van der Waals surface area contributed by atoms with Crippen LogP contribution in [-0.4, -0.2) is 11.1 Å². The van der Waals surface area contributed by atoms with Crippen LogP contribution in [0.15, 0.2) is 16.6 Å². The van der Waals surface area contributed by atoms with Gasteiger partial charge in [-0.1, -0.05) is 15.9 Å². The third-order valence-electron chi connectivity index (χ3n) is 1.46. The summed E-state index contributed by atoms with van der Waals surface area (Å²) in [6.45, 7) is 0. The van der Waals surface area contributed by atoms with Crippen molar-refractivity contribution in [3.05, 3.63) is 31.6 Å². The molecule has 0 aliphatic rings. The van der Waals surface area contributed by atoms with Crippen LogP contribution < -0.4 is 0 Å². The summed E-state index contributed by atoms with van der Waals surface area (Å²) in [5, 5.41) is 0.212. The Kier molecular flexibility index (Phi) is 4.31. The molecule has 13 heavy (non-hydrogen) atoms. The van der Waals surface area contributed by atoms with Gasteiger partial charge in [-0.25, -0.2) is 4.39 Å². The summed E-state index contributed by atoms with van der Waals surface area (Å²) in [7, 11) is 0. The molecule has 0 saturated carbocycles. The van der Waals surface area contributed by atoms with E-state index in [4.69, 9.17) is 0 Å². The summed E-state index contributed by atoms with van der Waals surface area (Å²) < 4.78 is 14.0. The Morgan fingerprint density at radius 3 is 2.69 bits per heavy atom. The number of rotatable bonds is 2. The molecule has 0 saturated heterocycles. The lowest BCUT2D eigenvalue weighted by atomic mass is 10.1. The fourth-order valence-corrected chi connectivity index (χ4v) is 2.59. The number of halogens is 4. The summed E-state index contributed by atoms with van der Waals surface area (Å²) in [6.07, 6.45) is 0. The molecule has 0 aromatic heterocycles. The maximum atomic E-state index is 13.3. The van der Waals surface area contributed by atoms with Gasteiger partial charge in [-0.2, -0.15) is 0 Å². The zero-order chi connectivity index (χ0) is 10.0. The molecule has 0 N–H and O–H groups in total. The third kappa shape index (κ3) is 2.50. The van der Waals surface area contributed by atoms with Gasteiger partial charge in [-0.15, -0.1) is 0 Å². The van der Waals surface area contributed by atoms with Crippen molar-refractivity contribution < 1.29 is 9.18 Å². The van der Waals surface area contributed by atoms with Crippen LogP contribution >= 0.6 is 54.5 Å². The smallest absolute Gasteiger partial charge is 0.174 e. The van der Waals surface area contributed by atoms with Crippen molar-refractivity contribution in [3.8, 4) is 0 Å². The predicted molar refractivity (Wildman–Crippen MR) is 64.9 cm³/mol. The average Bonchev–Trinajstić information content (AvgIpc) is 2.13. The summed E-state index contributed by atoms with van der Waals surface area (Å²) in [5.41, 5.74) is 0.415. The molecule has 5 heteroatoms. The molecule has 70 valence electrons. The van der Waals surface area contributed by atoms with E-state index in [2.05, 4.69) is 31.9 Å². The minimum absolute atomic E-state index is 0.115. The van der Waals surface area contributed by atoms with Crippen molar-refractivity contribution in [1.82, 2.24) is 0 Å². The number of Topliss-reactive ketones (excluding diaryl/α,β-unsaturated/α-hetero) is 1. The maximum absolute atomic E-state index is 13.3. The zero-order valence-electron chi connectivity index (χ0n) is 6.28. The van der Waals surface area contributed by atoms with Crippen LogP contribution in [0.3, 0.4) is 0 Å². The Hall–Kier alpha value is 0.510. The van der Waals surface area contributed by atoms with Gasteiger partial charge in [0.05, 0.1) is 13.4 Å². The van der Waals surface area contributed by atoms with Crippen molar-refractivity contribution in [2.24, 2.45) is 0 Å². The number of benzene rings is 1.